The molecule has 23 heavy (non-hydrogen) atoms. The SMILES string of the molecule is Cc1cc(C)c(C=C2C(=O)NN=C2c2cc3ccccc3o2)[nH]1. The van der Waals surface area contributed by atoms with Crippen LogP contribution in [0.2, 0.25) is 0 Å². The molecule has 5 nitrogen and oxygen atoms in total. The number of hydrogen-bond donors (Lipinski definition) is 2. The van der Waals surface area contributed by atoms with Gasteiger partial charge in [-0.25, -0.2) is 5.43 Å². The number of hydrazone groups is 1. The number of carbonyl (C=O) groups is 1. The second kappa shape index (κ2) is 4.98. The van der Waals surface area contributed by atoms with Crippen LogP contribution in [0.25, 0.3) is 17.0 Å². The Labute approximate surface area is 132 Å². The van der Waals surface area contributed by atoms with Gasteiger partial charge in [-0.3, -0.25) is 4.79 Å². The van der Waals surface area contributed by atoms with Crippen molar-refractivity contribution in [2.24, 2.45) is 5.10 Å². The predicted molar refractivity (Wildman–Crippen MR) is 89.1 cm³/mol. The summed E-state index contributed by atoms with van der Waals surface area (Å²) in [7, 11) is 0. The molecule has 1 aliphatic heterocycles. The predicted octanol–water partition coefficient (Wildman–Crippen LogP) is 3.30. The highest BCUT2D eigenvalue weighted by Gasteiger charge is 2.27. The van der Waals surface area contributed by atoms with E-state index >= 15 is 0 Å². The maximum atomic E-state index is 12.1. The van der Waals surface area contributed by atoms with Crippen molar-refractivity contribution in [3.05, 3.63) is 64.7 Å². The van der Waals surface area contributed by atoms with Crippen molar-refractivity contribution in [1.29, 1.82) is 0 Å². The molecule has 3 aromatic rings. The Bertz CT molecular complexity index is 956. The van der Waals surface area contributed by atoms with Gasteiger partial charge in [0.1, 0.15) is 11.3 Å². The first-order chi connectivity index (χ1) is 11.1. The van der Waals surface area contributed by atoms with Crippen LogP contribution >= 0.6 is 0 Å². The molecular formula is C18H15N3O2. The highest BCUT2D eigenvalue weighted by molar-refractivity contribution is 6.32. The number of nitrogens with one attached hydrogen (secondary N) is 2. The Balaban J connectivity index is 1.81. The van der Waals surface area contributed by atoms with Gasteiger partial charge in [-0.05, 0) is 43.7 Å². The minimum Gasteiger partial charge on any atom is -0.454 e. The van der Waals surface area contributed by atoms with Crippen LogP contribution in [0.4, 0.5) is 0 Å². The van der Waals surface area contributed by atoms with Crippen LogP contribution in [0.15, 0.2) is 51.5 Å². The Kier molecular flexibility index (Phi) is 2.94. The molecule has 4 rings (SSSR count). The molecule has 1 aliphatic rings. The van der Waals surface area contributed by atoms with E-state index in [0.717, 1.165) is 27.9 Å². The molecule has 0 saturated heterocycles. The Morgan fingerprint density at radius 2 is 2.00 bits per heavy atom. The van der Waals surface area contributed by atoms with Gasteiger partial charge < -0.3 is 9.40 Å². The first-order valence-electron chi connectivity index (χ1n) is 7.37. The quantitative estimate of drug-likeness (QED) is 0.713. The number of aromatic nitrogens is 1. The van der Waals surface area contributed by atoms with Crippen molar-refractivity contribution >= 4 is 28.7 Å². The molecule has 0 atom stereocenters. The van der Waals surface area contributed by atoms with Gasteiger partial charge in [0, 0.05) is 16.8 Å². The van der Waals surface area contributed by atoms with Crippen molar-refractivity contribution in [3.63, 3.8) is 0 Å². The van der Waals surface area contributed by atoms with E-state index in [4.69, 9.17) is 4.42 Å². The zero-order chi connectivity index (χ0) is 16.0. The molecule has 1 amide bonds. The number of fused-ring (bicyclic) bond motifs is 1. The van der Waals surface area contributed by atoms with E-state index in [9.17, 15) is 4.79 Å². The lowest BCUT2D eigenvalue weighted by Gasteiger charge is -1.98. The van der Waals surface area contributed by atoms with Gasteiger partial charge in [0.05, 0.1) is 5.57 Å². The molecule has 5 heteroatoms. The van der Waals surface area contributed by atoms with Gasteiger partial charge in [0.25, 0.3) is 5.91 Å². The van der Waals surface area contributed by atoms with E-state index in [1.165, 1.54) is 0 Å². The zero-order valence-corrected chi connectivity index (χ0v) is 12.8. The van der Waals surface area contributed by atoms with Gasteiger partial charge in [-0.2, -0.15) is 5.10 Å². The fourth-order valence-electron chi connectivity index (χ4n) is 2.80. The lowest BCUT2D eigenvalue weighted by Crippen LogP contribution is -2.13. The number of nitrogens with zero attached hydrogens (tertiary/aromatic N) is 1. The second-order valence-corrected chi connectivity index (χ2v) is 5.66. The summed E-state index contributed by atoms with van der Waals surface area (Å²) in [5.74, 6) is 0.351. The van der Waals surface area contributed by atoms with E-state index in [1.54, 1.807) is 0 Å². The molecule has 3 heterocycles. The molecule has 2 aromatic heterocycles. The Morgan fingerprint density at radius 1 is 1.17 bits per heavy atom. The summed E-state index contributed by atoms with van der Waals surface area (Å²) in [6.07, 6.45) is 1.82. The number of benzene rings is 1. The zero-order valence-electron chi connectivity index (χ0n) is 12.8. The van der Waals surface area contributed by atoms with Gasteiger partial charge >= 0.3 is 0 Å². The average molecular weight is 305 g/mol. The molecule has 114 valence electrons. The average Bonchev–Trinajstić information content (AvgIpc) is 3.18. The largest absolute Gasteiger partial charge is 0.454 e. The molecule has 0 aliphatic carbocycles. The highest BCUT2D eigenvalue weighted by Crippen LogP contribution is 2.25. The van der Waals surface area contributed by atoms with Crippen LogP contribution in [-0.4, -0.2) is 16.6 Å². The Morgan fingerprint density at radius 3 is 2.74 bits per heavy atom. The molecule has 0 fully saturated rings. The molecular weight excluding hydrogens is 290 g/mol. The lowest BCUT2D eigenvalue weighted by atomic mass is 10.1. The molecule has 1 aromatic carbocycles. The first-order valence-corrected chi connectivity index (χ1v) is 7.37. The first kappa shape index (κ1) is 13.6. The number of aromatic amines is 1. The van der Waals surface area contributed by atoms with Crippen molar-refractivity contribution < 1.29 is 9.21 Å². The summed E-state index contributed by atoms with van der Waals surface area (Å²) in [6, 6.07) is 11.7. The van der Waals surface area contributed by atoms with E-state index in [-0.39, 0.29) is 5.91 Å². The van der Waals surface area contributed by atoms with Crippen LogP contribution in [-0.2, 0) is 4.79 Å². The third-order valence-electron chi connectivity index (χ3n) is 3.91. The monoisotopic (exact) mass is 305 g/mol. The molecule has 0 radical (unpaired) electrons. The number of aryl methyl sites for hydroxylation is 2. The summed E-state index contributed by atoms with van der Waals surface area (Å²) in [5.41, 5.74) is 7.34. The topological polar surface area (TPSA) is 70.4 Å². The van der Waals surface area contributed by atoms with Crippen LogP contribution < -0.4 is 5.43 Å². The summed E-state index contributed by atoms with van der Waals surface area (Å²) in [5, 5.41) is 5.12. The summed E-state index contributed by atoms with van der Waals surface area (Å²) < 4.78 is 5.83. The molecule has 2 N–H and O–H groups in total. The van der Waals surface area contributed by atoms with Crippen LogP contribution in [0, 0.1) is 13.8 Å². The van der Waals surface area contributed by atoms with E-state index < -0.39 is 0 Å². The number of rotatable bonds is 2. The van der Waals surface area contributed by atoms with Crippen molar-refractivity contribution in [3.8, 4) is 0 Å². The standard InChI is InChI=1S/C18H15N3O2/c1-10-7-11(2)19-14(10)9-13-17(20-21-18(13)22)16-8-12-5-3-4-6-15(12)23-16/h3-9,19H,1-2H3,(H,21,22). The number of furan rings is 1. The fourth-order valence-corrected chi connectivity index (χ4v) is 2.80. The molecule has 0 saturated carbocycles. The lowest BCUT2D eigenvalue weighted by molar-refractivity contribution is -0.116. The second-order valence-electron chi connectivity index (χ2n) is 5.66. The van der Waals surface area contributed by atoms with Gasteiger partial charge in [-0.15, -0.1) is 0 Å². The number of H-pyrrole nitrogens is 1. The van der Waals surface area contributed by atoms with Crippen molar-refractivity contribution in [2.45, 2.75) is 13.8 Å². The number of carbonyl (C=O) groups excluding carboxylic acids is 1. The molecule has 0 bridgehead atoms. The van der Waals surface area contributed by atoms with E-state index in [0.29, 0.717) is 17.0 Å². The third-order valence-corrected chi connectivity index (χ3v) is 3.91. The van der Waals surface area contributed by atoms with Crippen LogP contribution in [0.5, 0.6) is 0 Å². The van der Waals surface area contributed by atoms with Gasteiger partial charge in [0.2, 0.25) is 0 Å². The van der Waals surface area contributed by atoms with E-state index in [2.05, 4.69) is 15.5 Å². The maximum absolute atomic E-state index is 12.1. The normalized spacial score (nSPS) is 16.2. The van der Waals surface area contributed by atoms with E-state index in [1.807, 2.05) is 56.3 Å². The number of amides is 1. The van der Waals surface area contributed by atoms with Crippen molar-refractivity contribution in [1.82, 2.24) is 10.4 Å². The third kappa shape index (κ3) is 2.26. The summed E-state index contributed by atoms with van der Waals surface area (Å²) in [4.78, 5) is 15.4. The number of hydrogen-bond acceptors (Lipinski definition) is 3. The summed E-state index contributed by atoms with van der Waals surface area (Å²) in [6.45, 7) is 3.98. The highest BCUT2D eigenvalue weighted by atomic mass is 16.3. The molecule has 0 spiro atoms. The Hall–Kier alpha value is -3.08. The summed E-state index contributed by atoms with van der Waals surface area (Å²) >= 11 is 0. The van der Waals surface area contributed by atoms with Crippen LogP contribution in [0.3, 0.4) is 0 Å². The smallest absolute Gasteiger partial charge is 0.273 e. The minimum absolute atomic E-state index is 0.230. The van der Waals surface area contributed by atoms with Gasteiger partial charge in [0.15, 0.2) is 5.76 Å². The fraction of sp³-hybridized carbons (Fsp3) is 0.111. The van der Waals surface area contributed by atoms with Crippen molar-refractivity contribution in [2.75, 3.05) is 0 Å². The minimum atomic E-state index is -0.230. The molecule has 0 unspecified atom stereocenters. The number of para-hydroxylation sites is 1. The van der Waals surface area contributed by atoms with Crippen LogP contribution in [0.1, 0.15) is 22.7 Å². The maximum Gasteiger partial charge on any atom is 0.273 e. The van der Waals surface area contributed by atoms with Gasteiger partial charge in [-0.1, -0.05) is 18.2 Å².